The largest absolute Gasteiger partial charge is 0.363 e. The van der Waals surface area contributed by atoms with Crippen molar-refractivity contribution in [1.29, 1.82) is 0 Å². The zero-order valence-corrected chi connectivity index (χ0v) is 17.7. The molecule has 3 heterocycles. The number of benzene rings is 1. The Labute approximate surface area is 179 Å². The van der Waals surface area contributed by atoms with E-state index in [9.17, 15) is 13.2 Å². The second-order valence-electron chi connectivity index (χ2n) is 7.89. The van der Waals surface area contributed by atoms with Crippen LogP contribution in [0.5, 0.6) is 0 Å². The van der Waals surface area contributed by atoms with E-state index < -0.39 is 23.8 Å². The molecule has 0 amide bonds. The van der Waals surface area contributed by atoms with Crippen LogP contribution < -0.4 is 10.2 Å². The molecular formula is C22H25F3N6. The van der Waals surface area contributed by atoms with Crippen LogP contribution in [-0.4, -0.2) is 53.1 Å². The van der Waals surface area contributed by atoms with Gasteiger partial charge in [0.2, 0.25) is 0 Å². The number of aromatic nitrogens is 3. The Hall–Kier alpha value is -2.94. The van der Waals surface area contributed by atoms with Gasteiger partial charge in [0.05, 0.1) is 23.3 Å². The molecule has 1 atom stereocenters. The smallest absolute Gasteiger partial charge is 0.266 e. The lowest BCUT2D eigenvalue weighted by Gasteiger charge is -2.33. The first-order valence-electron chi connectivity index (χ1n) is 10.2. The first kappa shape index (κ1) is 21.3. The van der Waals surface area contributed by atoms with Crippen molar-refractivity contribution < 1.29 is 13.2 Å². The van der Waals surface area contributed by atoms with E-state index in [4.69, 9.17) is 0 Å². The number of nitrogens with zero attached hydrogens (tertiary/aromatic N) is 5. The number of alkyl halides is 2. The molecule has 1 fully saturated rings. The van der Waals surface area contributed by atoms with Gasteiger partial charge in [0.25, 0.3) is 6.43 Å². The van der Waals surface area contributed by atoms with Gasteiger partial charge < -0.3 is 15.1 Å². The van der Waals surface area contributed by atoms with Crippen LogP contribution >= 0.6 is 0 Å². The lowest BCUT2D eigenvalue weighted by Crippen LogP contribution is -2.44. The van der Waals surface area contributed by atoms with Gasteiger partial charge >= 0.3 is 0 Å². The number of aryl methyl sites for hydroxylation is 1. The first-order valence-corrected chi connectivity index (χ1v) is 10.2. The number of halogens is 3. The molecule has 0 aliphatic carbocycles. The molecule has 9 heteroatoms. The maximum Gasteiger partial charge on any atom is 0.266 e. The number of pyridine rings is 1. The van der Waals surface area contributed by atoms with Gasteiger partial charge in [0.15, 0.2) is 0 Å². The van der Waals surface area contributed by atoms with Crippen molar-refractivity contribution in [3.63, 3.8) is 0 Å². The average molecular weight is 430 g/mol. The summed E-state index contributed by atoms with van der Waals surface area (Å²) < 4.78 is 40.9. The molecule has 0 spiro atoms. The van der Waals surface area contributed by atoms with Crippen LogP contribution in [0.3, 0.4) is 0 Å². The summed E-state index contributed by atoms with van der Waals surface area (Å²) in [7, 11) is 2.09. The van der Waals surface area contributed by atoms with Crippen LogP contribution in [0.4, 0.5) is 24.8 Å². The average Bonchev–Trinajstić information content (AvgIpc) is 2.74. The molecule has 4 rings (SSSR count). The van der Waals surface area contributed by atoms with E-state index >= 15 is 0 Å². The fourth-order valence-electron chi connectivity index (χ4n) is 3.81. The second-order valence-corrected chi connectivity index (χ2v) is 7.89. The topological polar surface area (TPSA) is 57.2 Å². The summed E-state index contributed by atoms with van der Waals surface area (Å²) in [6, 6.07) is 5.41. The van der Waals surface area contributed by atoms with Crippen molar-refractivity contribution in [1.82, 2.24) is 19.9 Å². The van der Waals surface area contributed by atoms with Crippen LogP contribution in [-0.2, 0) is 0 Å². The molecule has 1 aliphatic heterocycles. The molecule has 0 bridgehead atoms. The predicted octanol–water partition coefficient (Wildman–Crippen LogP) is 4.33. The summed E-state index contributed by atoms with van der Waals surface area (Å²) >= 11 is 0. The Morgan fingerprint density at radius 1 is 1.06 bits per heavy atom. The minimum atomic E-state index is -2.87. The van der Waals surface area contributed by atoms with Gasteiger partial charge in [-0.25, -0.2) is 28.1 Å². The molecular weight excluding hydrogens is 405 g/mol. The summed E-state index contributed by atoms with van der Waals surface area (Å²) in [5.74, 6) is 0.995. The molecule has 31 heavy (non-hydrogen) atoms. The maximum atomic E-state index is 14.6. The molecule has 1 N–H and O–H groups in total. The molecule has 0 saturated carbocycles. The summed E-state index contributed by atoms with van der Waals surface area (Å²) in [4.78, 5) is 18.0. The zero-order chi connectivity index (χ0) is 22.1. The number of piperazine rings is 1. The van der Waals surface area contributed by atoms with Crippen molar-refractivity contribution in [2.45, 2.75) is 26.3 Å². The second kappa shape index (κ2) is 8.66. The standard InChI is InChI=1S/C22H25F3N6/c1-13(15-5-4-6-16(20(15)23)21(24)25)27-22-17-11-19(31-9-7-30(3)8-10-31)26-12-18(17)28-14(2)29-22/h4-6,11-13,21H,7-10H2,1-3H3,(H,27,28,29)/t13-/m1/s1. The molecule has 1 aromatic carbocycles. The molecule has 0 unspecified atom stereocenters. The number of nitrogens with one attached hydrogen (secondary N) is 1. The van der Waals surface area contributed by atoms with Gasteiger partial charge in [-0.15, -0.1) is 0 Å². The van der Waals surface area contributed by atoms with Gasteiger partial charge in [-0.3, -0.25) is 0 Å². The highest BCUT2D eigenvalue weighted by atomic mass is 19.3. The Kier molecular flexibility index (Phi) is 5.95. The van der Waals surface area contributed by atoms with Gasteiger partial charge in [0, 0.05) is 37.1 Å². The van der Waals surface area contributed by atoms with Gasteiger partial charge in [0.1, 0.15) is 23.3 Å². The number of rotatable bonds is 5. The van der Waals surface area contributed by atoms with Crippen LogP contribution in [0.25, 0.3) is 10.9 Å². The van der Waals surface area contributed by atoms with Gasteiger partial charge in [-0.2, -0.15) is 0 Å². The van der Waals surface area contributed by atoms with Crippen molar-refractivity contribution in [2.24, 2.45) is 0 Å². The minimum Gasteiger partial charge on any atom is -0.363 e. The van der Waals surface area contributed by atoms with Crippen molar-refractivity contribution >= 4 is 22.5 Å². The highest BCUT2D eigenvalue weighted by Gasteiger charge is 2.21. The summed E-state index contributed by atoms with van der Waals surface area (Å²) in [6.45, 7) is 7.12. The van der Waals surface area contributed by atoms with Crippen molar-refractivity contribution in [3.05, 3.63) is 53.2 Å². The Morgan fingerprint density at radius 3 is 2.48 bits per heavy atom. The first-order chi connectivity index (χ1) is 14.8. The highest BCUT2D eigenvalue weighted by molar-refractivity contribution is 5.90. The third kappa shape index (κ3) is 4.41. The molecule has 0 radical (unpaired) electrons. The number of likely N-dealkylation sites (N-methyl/N-ethyl adjacent to an activating group) is 1. The Bertz CT molecular complexity index is 1080. The van der Waals surface area contributed by atoms with Gasteiger partial charge in [-0.05, 0) is 27.0 Å². The van der Waals surface area contributed by atoms with Crippen LogP contribution in [0.15, 0.2) is 30.5 Å². The summed E-state index contributed by atoms with van der Waals surface area (Å²) in [6.07, 6.45) is -1.16. The number of hydrogen-bond acceptors (Lipinski definition) is 6. The third-order valence-corrected chi connectivity index (χ3v) is 5.62. The van der Waals surface area contributed by atoms with E-state index in [-0.39, 0.29) is 5.56 Å². The number of fused-ring (bicyclic) bond motifs is 1. The lowest BCUT2D eigenvalue weighted by atomic mass is 10.0. The van der Waals surface area contributed by atoms with E-state index in [1.807, 2.05) is 6.07 Å². The molecule has 1 saturated heterocycles. The highest BCUT2D eigenvalue weighted by Crippen LogP contribution is 2.31. The van der Waals surface area contributed by atoms with Gasteiger partial charge in [-0.1, -0.05) is 18.2 Å². The number of hydrogen-bond donors (Lipinski definition) is 1. The normalized spacial score (nSPS) is 16.2. The zero-order valence-electron chi connectivity index (χ0n) is 17.7. The quantitative estimate of drug-likeness (QED) is 0.650. The van der Waals surface area contributed by atoms with E-state index in [1.165, 1.54) is 12.1 Å². The van der Waals surface area contributed by atoms with Crippen LogP contribution in [0.2, 0.25) is 0 Å². The van der Waals surface area contributed by atoms with E-state index in [2.05, 4.69) is 37.1 Å². The molecule has 6 nitrogen and oxygen atoms in total. The third-order valence-electron chi connectivity index (χ3n) is 5.62. The van der Waals surface area contributed by atoms with Crippen LogP contribution in [0, 0.1) is 12.7 Å². The molecule has 1 aliphatic rings. The van der Waals surface area contributed by atoms with Crippen LogP contribution in [0.1, 0.15) is 36.3 Å². The number of anilines is 2. The summed E-state index contributed by atoms with van der Waals surface area (Å²) in [5, 5.41) is 3.95. The van der Waals surface area contributed by atoms with Crippen molar-refractivity contribution in [3.8, 4) is 0 Å². The maximum absolute atomic E-state index is 14.6. The van der Waals surface area contributed by atoms with E-state index in [0.717, 1.165) is 43.4 Å². The fraction of sp³-hybridized carbons (Fsp3) is 0.409. The fourth-order valence-corrected chi connectivity index (χ4v) is 3.81. The van der Waals surface area contributed by atoms with E-state index in [1.54, 1.807) is 20.0 Å². The van der Waals surface area contributed by atoms with Crippen molar-refractivity contribution in [2.75, 3.05) is 43.4 Å². The predicted molar refractivity (Wildman–Crippen MR) is 115 cm³/mol. The molecule has 164 valence electrons. The monoisotopic (exact) mass is 430 g/mol. The SMILES string of the molecule is Cc1nc(N[C@H](C)c2cccc(C(F)F)c2F)c2cc(N3CCN(C)CC3)ncc2n1. The Morgan fingerprint density at radius 2 is 1.77 bits per heavy atom. The van der Waals surface area contributed by atoms with E-state index in [0.29, 0.717) is 17.2 Å². The molecule has 2 aromatic heterocycles. The molecule has 3 aromatic rings. The minimum absolute atomic E-state index is 0.163. The Balaban J connectivity index is 1.68. The summed E-state index contributed by atoms with van der Waals surface area (Å²) in [5.41, 5.74) is 0.230. The lowest BCUT2D eigenvalue weighted by molar-refractivity contribution is 0.146.